The molecule has 0 N–H and O–H groups in total. The third kappa shape index (κ3) is 4.40. The molecule has 0 aliphatic carbocycles. The standard InChI is InChI=1S/C14H20BrF2NO2/c1-10(9-20-3)18(4-5-19-2)14-12(16)6-11(8-15)7-13(14)17/h6-7,10H,4-5,8-9H2,1-3H3. The van der Waals surface area contributed by atoms with Crippen LogP contribution in [0.5, 0.6) is 0 Å². The van der Waals surface area contributed by atoms with E-state index in [1.807, 2.05) is 6.92 Å². The Morgan fingerprint density at radius 2 is 1.80 bits per heavy atom. The van der Waals surface area contributed by atoms with Crippen LogP contribution in [0.3, 0.4) is 0 Å². The summed E-state index contributed by atoms with van der Waals surface area (Å²) in [5.41, 5.74) is 0.533. The number of benzene rings is 1. The van der Waals surface area contributed by atoms with Crippen molar-refractivity contribution in [2.75, 3.05) is 38.9 Å². The molecule has 3 nitrogen and oxygen atoms in total. The Morgan fingerprint density at radius 1 is 1.20 bits per heavy atom. The summed E-state index contributed by atoms with van der Waals surface area (Å²) in [5.74, 6) is -1.14. The van der Waals surface area contributed by atoms with E-state index in [1.165, 1.54) is 12.1 Å². The van der Waals surface area contributed by atoms with Crippen molar-refractivity contribution in [3.8, 4) is 0 Å². The van der Waals surface area contributed by atoms with E-state index in [4.69, 9.17) is 9.47 Å². The Kier molecular flexibility index (Phi) is 7.40. The molecule has 6 heteroatoms. The van der Waals surface area contributed by atoms with E-state index in [0.29, 0.717) is 30.7 Å². The van der Waals surface area contributed by atoms with Crippen LogP contribution in [-0.4, -0.2) is 40.0 Å². The molecular weight excluding hydrogens is 332 g/mol. The van der Waals surface area contributed by atoms with Crippen LogP contribution in [-0.2, 0) is 14.8 Å². The first-order valence-corrected chi connectivity index (χ1v) is 7.45. The topological polar surface area (TPSA) is 21.7 Å². The van der Waals surface area contributed by atoms with Crippen molar-refractivity contribution in [1.29, 1.82) is 0 Å². The molecule has 1 rings (SSSR count). The van der Waals surface area contributed by atoms with Gasteiger partial charge in [0, 0.05) is 32.1 Å². The summed E-state index contributed by atoms with van der Waals surface area (Å²) >= 11 is 3.20. The Balaban J connectivity index is 3.12. The van der Waals surface area contributed by atoms with Gasteiger partial charge >= 0.3 is 0 Å². The van der Waals surface area contributed by atoms with Crippen molar-refractivity contribution in [3.05, 3.63) is 29.3 Å². The van der Waals surface area contributed by atoms with E-state index in [0.717, 1.165) is 0 Å². The molecule has 0 radical (unpaired) electrons. The third-order valence-electron chi connectivity index (χ3n) is 2.99. The highest BCUT2D eigenvalue weighted by Gasteiger charge is 2.22. The largest absolute Gasteiger partial charge is 0.383 e. The smallest absolute Gasteiger partial charge is 0.149 e. The average molecular weight is 352 g/mol. The van der Waals surface area contributed by atoms with Crippen molar-refractivity contribution in [2.45, 2.75) is 18.3 Å². The summed E-state index contributed by atoms with van der Waals surface area (Å²) in [7, 11) is 3.12. The molecule has 1 aromatic carbocycles. The van der Waals surface area contributed by atoms with Crippen molar-refractivity contribution >= 4 is 21.6 Å². The first-order valence-electron chi connectivity index (χ1n) is 6.33. The quantitative estimate of drug-likeness (QED) is 0.670. The SMILES string of the molecule is COCCN(c1c(F)cc(CBr)cc1F)C(C)COC. The fraction of sp³-hybridized carbons (Fsp3) is 0.571. The lowest BCUT2D eigenvalue weighted by molar-refractivity contribution is 0.170. The highest BCUT2D eigenvalue weighted by Crippen LogP contribution is 2.27. The molecule has 20 heavy (non-hydrogen) atoms. The molecular formula is C14H20BrF2NO2. The molecule has 114 valence electrons. The van der Waals surface area contributed by atoms with Crippen LogP contribution in [0, 0.1) is 11.6 Å². The minimum absolute atomic E-state index is 0.0312. The molecule has 0 heterocycles. The summed E-state index contributed by atoms with van der Waals surface area (Å²) < 4.78 is 38.5. The van der Waals surface area contributed by atoms with Crippen LogP contribution in [0.2, 0.25) is 0 Å². The zero-order valence-corrected chi connectivity index (χ0v) is 13.5. The highest BCUT2D eigenvalue weighted by atomic mass is 79.9. The molecule has 0 saturated heterocycles. The van der Waals surface area contributed by atoms with Crippen LogP contribution >= 0.6 is 15.9 Å². The van der Waals surface area contributed by atoms with Gasteiger partial charge in [0.05, 0.1) is 13.2 Å². The molecule has 1 aromatic rings. The Bertz CT molecular complexity index is 409. The van der Waals surface area contributed by atoms with Gasteiger partial charge in [-0.2, -0.15) is 0 Å². The molecule has 0 spiro atoms. The summed E-state index contributed by atoms with van der Waals surface area (Å²) in [6.45, 7) is 3.01. The van der Waals surface area contributed by atoms with E-state index in [1.54, 1.807) is 19.1 Å². The second-order valence-corrected chi connectivity index (χ2v) is 5.09. The molecule has 0 aliphatic rings. The first kappa shape index (κ1) is 17.3. The zero-order valence-electron chi connectivity index (χ0n) is 12.0. The number of hydrogen-bond donors (Lipinski definition) is 0. The Labute approximate surface area is 127 Å². The average Bonchev–Trinajstić information content (AvgIpc) is 2.41. The molecule has 0 aliphatic heterocycles. The fourth-order valence-corrected chi connectivity index (χ4v) is 2.37. The van der Waals surface area contributed by atoms with Gasteiger partial charge in [-0.15, -0.1) is 0 Å². The fourth-order valence-electron chi connectivity index (χ4n) is 2.04. The number of alkyl halides is 1. The lowest BCUT2D eigenvalue weighted by atomic mass is 10.1. The molecule has 0 saturated carbocycles. The van der Waals surface area contributed by atoms with Crippen LogP contribution in [0.15, 0.2) is 12.1 Å². The van der Waals surface area contributed by atoms with E-state index < -0.39 is 11.6 Å². The monoisotopic (exact) mass is 351 g/mol. The van der Waals surface area contributed by atoms with Crippen molar-refractivity contribution in [3.63, 3.8) is 0 Å². The van der Waals surface area contributed by atoms with E-state index in [-0.39, 0.29) is 11.7 Å². The van der Waals surface area contributed by atoms with Gasteiger partial charge in [-0.25, -0.2) is 8.78 Å². The molecule has 0 fully saturated rings. The number of ether oxygens (including phenoxy) is 2. The lowest BCUT2D eigenvalue weighted by Crippen LogP contribution is -2.39. The molecule has 1 unspecified atom stereocenters. The van der Waals surface area contributed by atoms with Crippen molar-refractivity contribution in [1.82, 2.24) is 0 Å². The zero-order chi connectivity index (χ0) is 15.1. The van der Waals surface area contributed by atoms with Gasteiger partial charge in [-0.1, -0.05) is 15.9 Å². The van der Waals surface area contributed by atoms with E-state index in [2.05, 4.69) is 15.9 Å². The van der Waals surface area contributed by atoms with E-state index in [9.17, 15) is 8.78 Å². The second kappa shape index (κ2) is 8.54. The number of nitrogens with zero attached hydrogens (tertiary/aromatic N) is 1. The maximum atomic E-state index is 14.2. The third-order valence-corrected chi connectivity index (χ3v) is 3.64. The van der Waals surface area contributed by atoms with Gasteiger partial charge in [0.2, 0.25) is 0 Å². The molecule has 0 aromatic heterocycles. The number of hydrogen-bond acceptors (Lipinski definition) is 3. The Hall–Kier alpha value is -0.720. The minimum atomic E-state index is -0.571. The summed E-state index contributed by atoms with van der Waals surface area (Å²) in [6, 6.07) is 2.52. The first-order chi connectivity index (χ1) is 9.54. The predicted molar refractivity (Wildman–Crippen MR) is 79.5 cm³/mol. The normalized spacial score (nSPS) is 12.5. The van der Waals surface area contributed by atoms with Crippen LogP contribution < -0.4 is 4.90 Å². The molecule has 0 bridgehead atoms. The van der Waals surface area contributed by atoms with Crippen LogP contribution in [0.4, 0.5) is 14.5 Å². The number of halogens is 3. The van der Waals surface area contributed by atoms with Crippen LogP contribution in [0.25, 0.3) is 0 Å². The maximum absolute atomic E-state index is 14.2. The van der Waals surface area contributed by atoms with Crippen molar-refractivity contribution < 1.29 is 18.3 Å². The van der Waals surface area contributed by atoms with Gasteiger partial charge in [-0.3, -0.25) is 0 Å². The minimum Gasteiger partial charge on any atom is -0.383 e. The second-order valence-electron chi connectivity index (χ2n) is 4.53. The summed E-state index contributed by atoms with van der Waals surface area (Å²) in [6.07, 6.45) is 0. The summed E-state index contributed by atoms with van der Waals surface area (Å²) in [5, 5.41) is 0.410. The maximum Gasteiger partial charge on any atom is 0.149 e. The number of rotatable bonds is 8. The molecule has 0 amide bonds. The van der Waals surface area contributed by atoms with Gasteiger partial charge < -0.3 is 14.4 Å². The van der Waals surface area contributed by atoms with Gasteiger partial charge in [0.25, 0.3) is 0 Å². The van der Waals surface area contributed by atoms with Crippen molar-refractivity contribution in [2.24, 2.45) is 0 Å². The summed E-state index contributed by atoms with van der Waals surface area (Å²) in [4.78, 5) is 1.63. The van der Waals surface area contributed by atoms with E-state index >= 15 is 0 Å². The highest BCUT2D eigenvalue weighted by molar-refractivity contribution is 9.08. The van der Waals surface area contributed by atoms with Crippen LogP contribution in [0.1, 0.15) is 12.5 Å². The van der Waals surface area contributed by atoms with Gasteiger partial charge in [0.15, 0.2) is 0 Å². The number of methoxy groups -OCH3 is 2. The predicted octanol–water partition coefficient (Wildman–Crippen LogP) is 3.35. The number of anilines is 1. The van der Waals surface area contributed by atoms with Gasteiger partial charge in [0.1, 0.15) is 17.3 Å². The lowest BCUT2D eigenvalue weighted by Gasteiger charge is -2.31. The van der Waals surface area contributed by atoms with Gasteiger partial charge in [-0.05, 0) is 24.6 Å². The molecule has 1 atom stereocenters. The Morgan fingerprint density at radius 3 is 2.25 bits per heavy atom.